The third-order valence-electron chi connectivity index (χ3n) is 3.88. The van der Waals surface area contributed by atoms with Crippen molar-refractivity contribution in [3.8, 4) is 16.9 Å². The summed E-state index contributed by atoms with van der Waals surface area (Å²) in [5, 5.41) is 9.15. The molecule has 0 saturated carbocycles. The van der Waals surface area contributed by atoms with Crippen molar-refractivity contribution in [1.29, 1.82) is 0 Å². The number of carboxylic acids is 1. The lowest BCUT2D eigenvalue weighted by Crippen LogP contribution is -2.05. The van der Waals surface area contributed by atoms with E-state index < -0.39 is 17.6 Å². The predicted molar refractivity (Wildman–Crippen MR) is 93.9 cm³/mol. The van der Waals surface area contributed by atoms with E-state index in [1.165, 1.54) is 6.07 Å². The molecule has 0 amide bonds. The van der Waals surface area contributed by atoms with E-state index in [4.69, 9.17) is 9.84 Å². The highest BCUT2D eigenvalue weighted by Gasteiger charge is 2.13. The molecule has 0 bridgehead atoms. The zero-order valence-electron chi connectivity index (χ0n) is 13.8. The van der Waals surface area contributed by atoms with Gasteiger partial charge in [-0.3, -0.25) is 4.79 Å². The van der Waals surface area contributed by atoms with Crippen molar-refractivity contribution in [1.82, 2.24) is 0 Å². The summed E-state index contributed by atoms with van der Waals surface area (Å²) >= 11 is 0. The number of ether oxygens (including phenoxy) is 1. The fraction of sp³-hybridized carbons (Fsp3) is 0.0952. The van der Waals surface area contributed by atoms with Crippen LogP contribution in [0.5, 0.6) is 5.75 Å². The van der Waals surface area contributed by atoms with Crippen molar-refractivity contribution < 1.29 is 23.4 Å². The van der Waals surface area contributed by atoms with E-state index in [1.54, 1.807) is 12.1 Å². The minimum atomic E-state index is -1.04. The fourth-order valence-electron chi connectivity index (χ4n) is 2.64. The Hall–Kier alpha value is -3.21. The number of carboxylic acid groups (broad SMARTS) is 1. The van der Waals surface area contributed by atoms with Crippen LogP contribution < -0.4 is 4.74 Å². The van der Waals surface area contributed by atoms with E-state index in [9.17, 15) is 13.6 Å². The molecule has 0 unspecified atom stereocenters. The molecule has 132 valence electrons. The summed E-state index contributed by atoms with van der Waals surface area (Å²) in [6, 6.07) is 17.3. The highest BCUT2D eigenvalue weighted by atomic mass is 19.1. The fourth-order valence-corrected chi connectivity index (χ4v) is 2.64. The molecule has 26 heavy (non-hydrogen) atoms. The predicted octanol–water partition coefficient (Wildman–Crippen LogP) is 4.84. The largest absolute Gasteiger partial charge is 0.489 e. The molecule has 0 atom stereocenters. The molecule has 3 aromatic carbocycles. The highest BCUT2D eigenvalue weighted by Crippen LogP contribution is 2.30. The Kier molecular flexibility index (Phi) is 5.27. The third-order valence-corrected chi connectivity index (χ3v) is 3.88. The molecule has 5 heteroatoms. The summed E-state index contributed by atoms with van der Waals surface area (Å²) in [7, 11) is 0. The lowest BCUT2D eigenvalue weighted by atomic mass is 10.0. The first-order valence-electron chi connectivity index (χ1n) is 8.00. The normalized spacial score (nSPS) is 10.5. The number of benzene rings is 3. The Morgan fingerprint density at radius 2 is 1.73 bits per heavy atom. The standard InChI is InChI=1S/C21H16F2O3/c22-17-7-8-19(23)18(12-17)15-6-9-20(16(10-15)11-21(24)25)26-13-14-4-2-1-3-5-14/h1-10,12H,11,13H2,(H,24,25). The molecule has 0 aromatic heterocycles. The van der Waals surface area contributed by atoms with Crippen LogP contribution in [0.3, 0.4) is 0 Å². The van der Waals surface area contributed by atoms with E-state index in [2.05, 4.69) is 0 Å². The maximum atomic E-state index is 14.0. The van der Waals surface area contributed by atoms with Gasteiger partial charge in [0.15, 0.2) is 0 Å². The van der Waals surface area contributed by atoms with Crippen LogP contribution in [0.2, 0.25) is 0 Å². The smallest absolute Gasteiger partial charge is 0.307 e. The number of hydrogen-bond acceptors (Lipinski definition) is 2. The average molecular weight is 354 g/mol. The van der Waals surface area contributed by atoms with Crippen LogP contribution >= 0.6 is 0 Å². The number of rotatable bonds is 6. The Labute approximate surface area is 149 Å². The van der Waals surface area contributed by atoms with Crippen LogP contribution in [0.15, 0.2) is 66.7 Å². The minimum Gasteiger partial charge on any atom is -0.489 e. The maximum Gasteiger partial charge on any atom is 0.307 e. The van der Waals surface area contributed by atoms with Gasteiger partial charge in [-0.15, -0.1) is 0 Å². The lowest BCUT2D eigenvalue weighted by molar-refractivity contribution is -0.136. The SMILES string of the molecule is O=C(O)Cc1cc(-c2cc(F)ccc2F)ccc1OCc1ccccc1. The average Bonchev–Trinajstić information content (AvgIpc) is 2.63. The lowest BCUT2D eigenvalue weighted by Gasteiger charge is -2.13. The molecule has 0 heterocycles. The molecular weight excluding hydrogens is 338 g/mol. The summed E-state index contributed by atoms with van der Waals surface area (Å²) in [5.41, 5.74) is 1.81. The molecule has 0 saturated heterocycles. The third kappa shape index (κ3) is 4.25. The van der Waals surface area contributed by atoms with Gasteiger partial charge in [0.25, 0.3) is 0 Å². The first kappa shape index (κ1) is 17.6. The molecule has 3 rings (SSSR count). The molecule has 0 spiro atoms. The molecule has 3 aromatic rings. The second-order valence-electron chi connectivity index (χ2n) is 5.79. The van der Waals surface area contributed by atoms with Crippen molar-refractivity contribution in [2.45, 2.75) is 13.0 Å². The maximum absolute atomic E-state index is 14.0. The molecule has 0 aliphatic rings. The quantitative estimate of drug-likeness (QED) is 0.689. The number of aliphatic carboxylic acids is 1. The molecule has 0 fully saturated rings. The topological polar surface area (TPSA) is 46.5 Å². The van der Waals surface area contributed by atoms with Crippen LogP contribution in [0.1, 0.15) is 11.1 Å². The van der Waals surface area contributed by atoms with E-state index in [1.807, 2.05) is 30.3 Å². The van der Waals surface area contributed by atoms with E-state index in [0.717, 1.165) is 23.8 Å². The van der Waals surface area contributed by atoms with E-state index in [-0.39, 0.29) is 18.6 Å². The van der Waals surface area contributed by atoms with Gasteiger partial charge in [0.2, 0.25) is 0 Å². The van der Waals surface area contributed by atoms with E-state index >= 15 is 0 Å². The van der Waals surface area contributed by atoms with Crippen LogP contribution in [0, 0.1) is 11.6 Å². The summed E-state index contributed by atoms with van der Waals surface area (Å²) in [4.78, 5) is 11.2. The first-order chi connectivity index (χ1) is 12.5. The Bertz CT molecular complexity index is 924. The zero-order chi connectivity index (χ0) is 18.5. The molecule has 1 N–H and O–H groups in total. The van der Waals surface area contributed by atoms with Gasteiger partial charge in [0.05, 0.1) is 6.42 Å². The van der Waals surface area contributed by atoms with Crippen molar-refractivity contribution in [3.05, 3.63) is 89.5 Å². The van der Waals surface area contributed by atoms with Crippen LogP contribution in [0.4, 0.5) is 8.78 Å². The highest BCUT2D eigenvalue weighted by molar-refractivity contribution is 5.74. The van der Waals surface area contributed by atoms with Gasteiger partial charge in [0, 0.05) is 11.1 Å². The van der Waals surface area contributed by atoms with E-state index in [0.29, 0.717) is 16.9 Å². The monoisotopic (exact) mass is 354 g/mol. The summed E-state index contributed by atoms with van der Waals surface area (Å²) < 4.78 is 33.2. The number of hydrogen-bond donors (Lipinski definition) is 1. The molecular formula is C21H16F2O3. The van der Waals surface area contributed by atoms with Gasteiger partial charge >= 0.3 is 5.97 Å². The number of halogens is 2. The molecule has 3 nitrogen and oxygen atoms in total. The number of carbonyl (C=O) groups is 1. The van der Waals surface area contributed by atoms with Crippen molar-refractivity contribution in [3.63, 3.8) is 0 Å². The molecule has 0 radical (unpaired) electrons. The van der Waals surface area contributed by atoms with Gasteiger partial charge < -0.3 is 9.84 Å². The van der Waals surface area contributed by atoms with Crippen LogP contribution in [-0.4, -0.2) is 11.1 Å². The van der Waals surface area contributed by atoms with Gasteiger partial charge in [-0.1, -0.05) is 36.4 Å². The summed E-state index contributed by atoms with van der Waals surface area (Å²) in [5.74, 6) is -1.78. The van der Waals surface area contributed by atoms with Crippen molar-refractivity contribution in [2.75, 3.05) is 0 Å². The Balaban J connectivity index is 1.92. The van der Waals surface area contributed by atoms with Crippen LogP contribution in [-0.2, 0) is 17.8 Å². The second kappa shape index (κ2) is 7.78. The van der Waals surface area contributed by atoms with Crippen molar-refractivity contribution >= 4 is 5.97 Å². The van der Waals surface area contributed by atoms with Gasteiger partial charge in [-0.2, -0.15) is 0 Å². The van der Waals surface area contributed by atoms with Gasteiger partial charge in [-0.25, -0.2) is 8.78 Å². The Morgan fingerprint density at radius 3 is 2.46 bits per heavy atom. The first-order valence-corrected chi connectivity index (χ1v) is 8.00. The molecule has 0 aliphatic carbocycles. The zero-order valence-corrected chi connectivity index (χ0v) is 13.8. The summed E-state index contributed by atoms with van der Waals surface area (Å²) in [6.07, 6.45) is -0.283. The summed E-state index contributed by atoms with van der Waals surface area (Å²) in [6.45, 7) is 0.279. The minimum absolute atomic E-state index is 0.0752. The second-order valence-corrected chi connectivity index (χ2v) is 5.79. The Morgan fingerprint density at radius 1 is 0.962 bits per heavy atom. The van der Waals surface area contributed by atoms with Gasteiger partial charge in [0.1, 0.15) is 24.0 Å². The molecule has 0 aliphatic heterocycles. The van der Waals surface area contributed by atoms with Gasteiger partial charge in [-0.05, 0) is 41.5 Å². The van der Waals surface area contributed by atoms with Crippen LogP contribution in [0.25, 0.3) is 11.1 Å². The van der Waals surface area contributed by atoms with Crippen molar-refractivity contribution in [2.24, 2.45) is 0 Å².